The minimum Gasteiger partial charge on any atom is -0.315 e. The molecular weight excluding hydrogens is 210 g/mol. The van der Waals surface area contributed by atoms with E-state index >= 15 is 0 Å². The van der Waals surface area contributed by atoms with Crippen LogP contribution in [0, 0.1) is 6.92 Å². The van der Waals surface area contributed by atoms with Crippen molar-refractivity contribution < 1.29 is 0 Å². The molecule has 17 heavy (non-hydrogen) atoms. The first-order chi connectivity index (χ1) is 8.29. The molecule has 1 saturated heterocycles. The van der Waals surface area contributed by atoms with Gasteiger partial charge >= 0.3 is 0 Å². The lowest BCUT2D eigenvalue weighted by molar-refractivity contribution is 0.166. The van der Waals surface area contributed by atoms with Crippen LogP contribution >= 0.6 is 0 Å². The Kier molecular flexibility index (Phi) is 4.51. The Morgan fingerprint density at radius 1 is 1.47 bits per heavy atom. The highest BCUT2D eigenvalue weighted by Gasteiger charge is 2.19. The van der Waals surface area contributed by atoms with Crippen LogP contribution in [0.4, 0.5) is 0 Å². The molecule has 0 spiro atoms. The van der Waals surface area contributed by atoms with Crippen molar-refractivity contribution in [3.63, 3.8) is 0 Å². The summed E-state index contributed by atoms with van der Waals surface area (Å²) in [7, 11) is 0. The number of aryl methyl sites for hydroxylation is 1. The monoisotopic (exact) mass is 233 g/mol. The second kappa shape index (κ2) is 6.12. The minimum absolute atomic E-state index is 0.690. The Bertz CT molecular complexity index is 328. The molecule has 0 aliphatic carbocycles. The van der Waals surface area contributed by atoms with E-state index < -0.39 is 0 Å². The zero-order valence-electron chi connectivity index (χ0n) is 10.9. The number of hydrogen-bond acceptors (Lipinski definition) is 3. The summed E-state index contributed by atoms with van der Waals surface area (Å²) < 4.78 is 0. The molecule has 2 heterocycles. The van der Waals surface area contributed by atoms with Gasteiger partial charge < -0.3 is 5.32 Å². The van der Waals surface area contributed by atoms with Gasteiger partial charge in [0.05, 0.1) is 0 Å². The number of nitrogens with one attached hydrogen (secondary N) is 1. The standard InChI is InChI=1S/C14H23N3/c1-3-17(14-5-4-8-15-10-14)11-13-7-6-12(2)16-9-13/h6-7,9,14-15H,3-5,8,10-11H2,1-2H3. The number of hydrogen-bond donors (Lipinski definition) is 1. The summed E-state index contributed by atoms with van der Waals surface area (Å²) in [6.45, 7) is 8.73. The lowest BCUT2D eigenvalue weighted by Gasteiger charge is -2.33. The van der Waals surface area contributed by atoms with E-state index in [1.54, 1.807) is 0 Å². The van der Waals surface area contributed by atoms with Gasteiger partial charge in [-0.2, -0.15) is 0 Å². The summed E-state index contributed by atoms with van der Waals surface area (Å²) in [6.07, 6.45) is 4.63. The Morgan fingerprint density at radius 2 is 2.35 bits per heavy atom. The van der Waals surface area contributed by atoms with E-state index in [1.165, 1.54) is 24.9 Å². The van der Waals surface area contributed by atoms with E-state index in [-0.39, 0.29) is 0 Å². The Labute approximate surface area is 104 Å². The number of piperidine rings is 1. The van der Waals surface area contributed by atoms with Gasteiger partial charge in [0.1, 0.15) is 0 Å². The third kappa shape index (κ3) is 3.51. The quantitative estimate of drug-likeness (QED) is 0.861. The van der Waals surface area contributed by atoms with Gasteiger partial charge in [0.15, 0.2) is 0 Å². The predicted molar refractivity (Wildman–Crippen MR) is 70.9 cm³/mol. The Balaban J connectivity index is 1.96. The second-order valence-corrected chi connectivity index (χ2v) is 4.87. The zero-order chi connectivity index (χ0) is 12.1. The zero-order valence-corrected chi connectivity index (χ0v) is 10.9. The van der Waals surface area contributed by atoms with Crippen LogP contribution in [0.5, 0.6) is 0 Å². The summed E-state index contributed by atoms with van der Waals surface area (Å²) in [5.74, 6) is 0. The van der Waals surface area contributed by atoms with Gasteiger partial charge in [-0.3, -0.25) is 9.88 Å². The number of aromatic nitrogens is 1. The van der Waals surface area contributed by atoms with E-state index in [2.05, 4.69) is 34.3 Å². The van der Waals surface area contributed by atoms with Gasteiger partial charge in [-0.1, -0.05) is 13.0 Å². The van der Waals surface area contributed by atoms with Crippen LogP contribution in [0.3, 0.4) is 0 Å². The van der Waals surface area contributed by atoms with Crippen molar-refractivity contribution in [1.82, 2.24) is 15.2 Å². The fourth-order valence-corrected chi connectivity index (χ4v) is 2.47. The molecule has 0 bridgehead atoms. The first kappa shape index (κ1) is 12.5. The van der Waals surface area contributed by atoms with Crippen molar-refractivity contribution in [3.05, 3.63) is 29.6 Å². The smallest absolute Gasteiger partial charge is 0.0372 e. The van der Waals surface area contributed by atoms with Gasteiger partial charge in [0.2, 0.25) is 0 Å². The lowest BCUT2D eigenvalue weighted by atomic mass is 10.1. The molecule has 1 unspecified atom stereocenters. The van der Waals surface area contributed by atoms with Crippen molar-refractivity contribution in [1.29, 1.82) is 0 Å². The molecule has 3 heteroatoms. The molecule has 1 aliphatic rings. The lowest BCUT2D eigenvalue weighted by Crippen LogP contribution is -2.45. The first-order valence-corrected chi connectivity index (χ1v) is 6.66. The number of rotatable bonds is 4. The molecule has 94 valence electrons. The maximum atomic E-state index is 4.37. The van der Waals surface area contributed by atoms with E-state index in [9.17, 15) is 0 Å². The van der Waals surface area contributed by atoms with E-state index in [4.69, 9.17) is 0 Å². The summed E-state index contributed by atoms with van der Waals surface area (Å²) in [5, 5.41) is 3.49. The normalized spacial score (nSPS) is 20.8. The minimum atomic E-state index is 0.690. The van der Waals surface area contributed by atoms with Crippen LogP contribution in [0.1, 0.15) is 31.0 Å². The number of nitrogens with zero attached hydrogens (tertiary/aromatic N) is 2. The van der Waals surface area contributed by atoms with Crippen molar-refractivity contribution in [2.24, 2.45) is 0 Å². The van der Waals surface area contributed by atoms with Crippen LogP contribution in [-0.4, -0.2) is 35.6 Å². The summed E-state index contributed by atoms with van der Waals surface area (Å²) >= 11 is 0. The number of likely N-dealkylation sites (N-methyl/N-ethyl adjacent to an activating group) is 1. The molecule has 0 aromatic carbocycles. The fourth-order valence-electron chi connectivity index (χ4n) is 2.47. The van der Waals surface area contributed by atoms with Gasteiger partial charge in [-0.05, 0) is 44.5 Å². The highest BCUT2D eigenvalue weighted by atomic mass is 15.2. The molecule has 1 aromatic heterocycles. The van der Waals surface area contributed by atoms with Gasteiger partial charge in [0.25, 0.3) is 0 Å². The molecule has 1 atom stereocenters. The molecule has 0 radical (unpaired) electrons. The maximum Gasteiger partial charge on any atom is 0.0372 e. The Hall–Kier alpha value is -0.930. The van der Waals surface area contributed by atoms with Crippen LogP contribution in [-0.2, 0) is 6.54 Å². The maximum absolute atomic E-state index is 4.37. The highest BCUT2D eigenvalue weighted by molar-refractivity contribution is 5.13. The van der Waals surface area contributed by atoms with Crippen LogP contribution in [0.25, 0.3) is 0 Å². The van der Waals surface area contributed by atoms with E-state index in [0.29, 0.717) is 6.04 Å². The molecule has 1 N–H and O–H groups in total. The summed E-state index contributed by atoms with van der Waals surface area (Å²) in [6, 6.07) is 4.99. The summed E-state index contributed by atoms with van der Waals surface area (Å²) in [4.78, 5) is 6.92. The predicted octanol–water partition coefficient (Wildman–Crippen LogP) is 1.96. The van der Waals surface area contributed by atoms with Crippen molar-refractivity contribution >= 4 is 0 Å². The van der Waals surface area contributed by atoms with E-state index in [0.717, 1.165) is 25.3 Å². The van der Waals surface area contributed by atoms with E-state index in [1.807, 2.05) is 13.1 Å². The van der Waals surface area contributed by atoms with Crippen molar-refractivity contribution in [3.8, 4) is 0 Å². The molecule has 1 aromatic rings. The van der Waals surface area contributed by atoms with Crippen molar-refractivity contribution in [2.45, 2.75) is 39.3 Å². The van der Waals surface area contributed by atoms with Crippen molar-refractivity contribution in [2.75, 3.05) is 19.6 Å². The fraction of sp³-hybridized carbons (Fsp3) is 0.643. The number of pyridine rings is 1. The molecule has 0 saturated carbocycles. The highest BCUT2D eigenvalue weighted by Crippen LogP contribution is 2.13. The average Bonchev–Trinajstić information content (AvgIpc) is 2.39. The topological polar surface area (TPSA) is 28.2 Å². The third-order valence-electron chi connectivity index (χ3n) is 3.55. The molecule has 3 nitrogen and oxygen atoms in total. The van der Waals surface area contributed by atoms with Gasteiger partial charge in [-0.15, -0.1) is 0 Å². The molecule has 1 aliphatic heterocycles. The summed E-state index contributed by atoms with van der Waals surface area (Å²) in [5.41, 5.74) is 2.42. The molecule has 0 amide bonds. The van der Waals surface area contributed by atoms with Crippen LogP contribution in [0.2, 0.25) is 0 Å². The molecule has 1 fully saturated rings. The average molecular weight is 233 g/mol. The SMILES string of the molecule is CCN(Cc1ccc(C)nc1)C1CCCNC1. The van der Waals surface area contributed by atoms with Gasteiger partial charge in [0, 0.05) is 31.0 Å². The first-order valence-electron chi connectivity index (χ1n) is 6.66. The second-order valence-electron chi connectivity index (χ2n) is 4.87. The molecule has 2 rings (SSSR count). The third-order valence-corrected chi connectivity index (χ3v) is 3.55. The Morgan fingerprint density at radius 3 is 2.94 bits per heavy atom. The van der Waals surface area contributed by atoms with Gasteiger partial charge in [-0.25, -0.2) is 0 Å². The van der Waals surface area contributed by atoms with Crippen LogP contribution < -0.4 is 5.32 Å². The van der Waals surface area contributed by atoms with Crippen LogP contribution in [0.15, 0.2) is 18.3 Å². The largest absolute Gasteiger partial charge is 0.315 e. The molecular formula is C14H23N3.